The van der Waals surface area contributed by atoms with Crippen LogP contribution in [0.15, 0.2) is 59.8 Å². The van der Waals surface area contributed by atoms with Crippen LogP contribution in [0, 0.1) is 0 Å². The molecule has 0 radical (unpaired) electrons. The van der Waals surface area contributed by atoms with Crippen molar-refractivity contribution in [3.05, 3.63) is 60.4 Å². The Balaban J connectivity index is -0.00000119. The van der Waals surface area contributed by atoms with E-state index in [1.807, 2.05) is 84.0 Å². The van der Waals surface area contributed by atoms with E-state index in [4.69, 9.17) is 9.47 Å². The van der Waals surface area contributed by atoms with Gasteiger partial charge in [-0.15, -0.1) is 11.8 Å². The summed E-state index contributed by atoms with van der Waals surface area (Å²) in [5.74, 6) is 0.648. The Labute approximate surface area is 206 Å². The number of thioether (sulfide) groups is 1. The summed E-state index contributed by atoms with van der Waals surface area (Å²) < 4.78 is 10.5. The van der Waals surface area contributed by atoms with Crippen LogP contribution in [-0.2, 0) is 16.1 Å². The van der Waals surface area contributed by atoms with E-state index in [-0.39, 0.29) is 20.1 Å². The molecule has 2 rings (SSSR count). The molecule has 0 saturated heterocycles. The second-order valence-corrected chi connectivity index (χ2v) is 6.75. The van der Waals surface area contributed by atoms with Crippen LogP contribution >= 0.6 is 11.8 Å². The minimum Gasteiger partial charge on any atom is -0.445 e. The summed E-state index contributed by atoms with van der Waals surface area (Å²) in [6, 6.07) is 13.2. The highest BCUT2D eigenvalue weighted by molar-refractivity contribution is 7.99. The lowest BCUT2D eigenvalue weighted by molar-refractivity contribution is -0.0866. The lowest BCUT2D eigenvalue weighted by Crippen LogP contribution is -2.38. The van der Waals surface area contributed by atoms with Crippen LogP contribution in [-0.4, -0.2) is 40.9 Å². The topological polar surface area (TPSA) is 80.7 Å². The second-order valence-electron chi connectivity index (χ2n) is 5.66. The van der Waals surface area contributed by atoms with Gasteiger partial charge in [-0.05, 0) is 31.0 Å². The number of aromatic nitrogens is 1. The maximum atomic E-state index is 12.1. The van der Waals surface area contributed by atoms with Gasteiger partial charge in [0, 0.05) is 29.1 Å². The number of ether oxygens (including phenoxy) is 2. The summed E-state index contributed by atoms with van der Waals surface area (Å²) in [5.41, 5.74) is 0.932. The summed E-state index contributed by atoms with van der Waals surface area (Å²) in [4.78, 5) is 17.2. The Bertz CT molecular complexity index is 643. The lowest BCUT2D eigenvalue weighted by atomic mass is 10.2. The average Bonchev–Trinajstić information content (AvgIpc) is 2.86. The van der Waals surface area contributed by atoms with E-state index in [0.29, 0.717) is 18.8 Å². The number of nitrogens with zero attached hydrogens (tertiary/aromatic N) is 1. The number of aliphatic hydroxyl groups excluding tert-OH is 1. The zero-order valence-corrected chi connectivity index (χ0v) is 21.5. The molecule has 0 fully saturated rings. The first-order chi connectivity index (χ1) is 15.6. The number of alkyl carbamates (subject to hydrolysis) is 1. The van der Waals surface area contributed by atoms with Gasteiger partial charge >= 0.3 is 6.09 Å². The molecule has 2 atom stereocenters. The quantitative estimate of drug-likeness (QED) is 0.282. The normalized spacial score (nSPS) is 10.8. The van der Waals surface area contributed by atoms with Crippen LogP contribution < -0.4 is 5.32 Å². The zero-order valence-electron chi connectivity index (χ0n) is 20.7. The molecule has 7 heteroatoms. The highest BCUT2D eigenvalue weighted by atomic mass is 32.2. The summed E-state index contributed by atoms with van der Waals surface area (Å²) in [6.07, 6.45) is 2.77. The predicted molar refractivity (Wildman–Crippen MR) is 142 cm³/mol. The van der Waals surface area contributed by atoms with Gasteiger partial charge in [-0.3, -0.25) is 4.98 Å². The van der Waals surface area contributed by atoms with Crippen molar-refractivity contribution in [2.24, 2.45) is 0 Å². The lowest BCUT2D eigenvalue weighted by Gasteiger charge is -2.19. The summed E-state index contributed by atoms with van der Waals surface area (Å²) in [6.45, 7) is 14.1. The fourth-order valence-electron chi connectivity index (χ4n) is 2.14. The standard InChI is InChI=1S/C19H24N2O4S.3C2H6.CH4/c1-15(22)24-11-9-17(14-26-18-8-5-10-20-12-18)21-19(23)25-13-16-6-3-2-4-7-16;3*1-2;/h2-8,10,12,15,17,22H,9,11,13-14H2,1H3,(H,21,23);3*1-2H3;1H4. The molecule has 190 valence electrons. The molecular formula is C26H46N2O4S. The van der Waals surface area contributed by atoms with E-state index in [2.05, 4.69) is 10.3 Å². The van der Waals surface area contributed by atoms with Crippen LogP contribution in [0.25, 0.3) is 0 Å². The van der Waals surface area contributed by atoms with E-state index in [1.54, 1.807) is 31.1 Å². The fourth-order valence-corrected chi connectivity index (χ4v) is 3.09. The molecule has 0 aliphatic carbocycles. The summed E-state index contributed by atoms with van der Waals surface area (Å²) in [7, 11) is 0. The van der Waals surface area contributed by atoms with Crippen molar-refractivity contribution in [2.45, 2.75) is 86.1 Å². The SMILES string of the molecule is C.CC.CC.CC.CC(O)OCCC(CSc1cccnc1)NC(=O)OCc1ccccc1. The van der Waals surface area contributed by atoms with Crippen molar-refractivity contribution >= 4 is 17.9 Å². The van der Waals surface area contributed by atoms with Gasteiger partial charge in [0.15, 0.2) is 6.29 Å². The molecule has 0 saturated carbocycles. The molecule has 2 N–H and O–H groups in total. The Morgan fingerprint density at radius 3 is 2.24 bits per heavy atom. The first kappa shape index (κ1) is 35.5. The Morgan fingerprint density at radius 1 is 1.06 bits per heavy atom. The monoisotopic (exact) mass is 482 g/mol. The smallest absolute Gasteiger partial charge is 0.407 e. The number of benzene rings is 1. The van der Waals surface area contributed by atoms with Crippen LogP contribution in [0.5, 0.6) is 0 Å². The first-order valence-electron chi connectivity index (χ1n) is 11.4. The minimum absolute atomic E-state index is 0. The van der Waals surface area contributed by atoms with Crippen LogP contribution in [0.1, 0.15) is 67.9 Å². The Morgan fingerprint density at radius 2 is 1.70 bits per heavy atom. The number of pyridine rings is 1. The van der Waals surface area contributed by atoms with E-state index < -0.39 is 12.4 Å². The van der Waals surface area contributed by atoms with Crippen molar-refractivity contribution in [1.29, 1.82) is 0 Å². The molecule has 0 spiro atoms. The predicted octanol–water partition coefficient (Wildman–Crippen LogP) is 6.93. The number of hydrogen-bond acceptors (Lipinski definition) is 6. The number of hydrogen-bond donors (Lipinski definition) is 2. The van der Waals surface area contributed by atoms with Crippen molar-refractivity contribution in [2.75, 3.05) is 12.4 Å². The summed E-state index contributed by atoms with van der Waals surface area (Å²) >= 11 is 1.59. The molecule has 2 aromatic rings. The second kappa shape index (κ2) is 26.2. The molecule has 0 bridgehead atoms. The van der Waals surface area contributed by atoms with Gasteiger partial charge in [0.2, 0.25) is 0 Å². The third kappa shape index (κ3) is 20.3. The van der Waals surface area contributed by atoms with Crippen molar-refractivity contribution in [3.8, 4) is 0 Å². The molecule has 0 aliphatic rings. The maximum absolute atomic E-state index is 12.1. The van der Waals surface area contributed by atoms with Gasteiger partial charge in [0.05, 0.1) is 6.61 Å². The van der Waals surface area contributed by atoms with Crippen LogP contribution in [0.2, 0.25) is 0 Å². The van der Waals surface area contributed by atoms with E-state index in [1.165, 1.54) is 0 Å². The Hall–Kier alpha value is -2.09. The highest BCUT2D eigenvalue weighted by Crippen LogP contribution is 2.18. The molecular weight excluding hydrogens is 436 g/mol. The largest absolute Gasteiger partial charge is 0.445 e. The van der Waals surface area contributed by atoms with Gasteiger partial charge in [0.1, 0.15) is 6.61 Å². The molecule has 1 heterocycles. The molecule has 6 nitrogen and oxygen atoms in total. The molecule has 1 aromatic heterocycles. The number of aliphatic hydroxyl groups is 1. The molecule has 2 unspecified atom stereocenters. The zero-order chi connectivity index (χ0) is 24.6. The fraction of sp³-hybridized carbons (Fsp3) is 0.538. The number of nitrogens with one attached hydrogen (secondary N) is 1. The Kier molecular flexibility index (Phi) is 28.1. The molecule has 1 aromatic carbocycles. The van der Waals surface area contributed by atoms with Crippen molar-refractivity contribution in [1.82, 2.24) is 10.3 Å². The number of carbonyl (C=O) groups excluding carboxylic acids is 1. The first-order valence-corrected chi connectivity index (χ1v) is 12.4. The van der Waals surface area contributed by atoms with Gasteiger partial charge < -0.3 is 19.9 Å². The van der Waals surface area contributed by atoms with Gasteiger partial charge in [0.25, 0.3) is 0 Å². The van der Waals surface area contributed by atoms with E-state index in [9.17, 15) is 9.90 Å². The van der Waals surface area contributed by atoms with Crippen molar-refractivity contribution < 1.29 is 19.4 Å². The van der Waals surface area contributed by atoms with Gasteiger partial charge in [-0.1, -0.05) is 79.3 Å². The third-order valence-electron chi connectivity index (χ3n) is 3.45. The molecule has 33 heavy (non-hydrogen) atoms. The van der Waals surface area contributed by atoms with E-state index >= 15 is 0 Å². The molecule has 1 amide bonds. The van der Waals surface area contributed by atoms with Crippen LogP contribution in [0.3, 0.4) is 0 Å². The summed E-state index contributed by atoms with van der Waals surface area (Å²) in [5, 5.41) is 12.1. The number of rotatable bonds is 10. The third-order valence-corrected chi connectivity index (χ3v) is 4.59. The molecule has 0 aliphatic heterocycles. The van der Waals surface area contributed by atoms with Gasteiger partial charge in [-0.25, -0.2) is 4.79 Å². The number of amides is 1. The highest BCUT2D eigenvalue weighted by Gasteiger charge is 2.14. The van der Waals surface area contributed by atoms with Crippen molar-refractivity contribution in [3.63, 3.8) is 0 Å². The number of carbonyl (C=O) groups is 1. The maximum Gasteiger partial charge on any atom is 0.407 e. The van der Waals surface area contributed by atoms with E-state index in [0.717, 1.165) is 10.5 Å². The van der Waals surface area contributed by atoms with Gasteiger partial charge in [-0.2, -0.15) is 0 Å². The minimum atomic E-state index is -0.827. The van der Waals surface area contributed by atoms with Crippen LogP contribution in [0.4, 0.5) is 4.79 Å². The average molecular weight is 483 g/mol.